The first-order valence-corrected chi connectivity index (χ1v) is 5.69. The van der Waals surface area contributed by atoms with Gasteiger partial charge in [0.1, 0.15) is 0 Å². The fraction of sp³-hybridized carbons (Fsp3) is 0.400. The van der Waals surface area contributed by atoms with Crippen molar-refractivity contribution in [2.24, 2.45) is 0 Å². The molecule has 1 aromatic rings. The van der Waals surface area contributed by atoms with E-state index in [0.29, 0.717) is 0 Å². The van der Waals surface area contributed by atoms with Gasteiger partial charge in [-0.1, -0.05) is 12.1 Å². The molecular weight excluding hydrogens is 180 g/mol. The van der Waals surface area contributed by atoms with Crippen molar-refractivity contribution >= 4 is 23.1 Å². The maximum Gasteiger partial charge on any atom is 0.0597 e. The van der Waals surface area contributed by atoms with E-state index >= 15 is 0 Å². The Hall–Kier alpha value is -0.830. The van der Waals surface area contributed by atoms with Crippen molar-refractivity contribution in [3.05, 3.63) is 24.3 Å². The quantitative estimate of drug-likeness (QED) is 0.747. The summed E-state index contributed by atoms with van der Waals surface area (Å²) >= 11 is 1.85. The highest BCUT2D eigenvalue weighted by molar-refractivity contribution is 7.98. The van der Waals surface area contributed by atoms with Gasteiger partial charge in [0, 0.05) is 19.3 Å². The molecule has 0 aliphatic heterocycles. The number of benzene rings is 1. The molecule has 2 N–H and O–H groups in total. The van der Waals surface area contributed by atoms with Gasteiger partial charge in [-0.2, -0.15) is 11.8 Å². The van der Waals surface area contributed by atoms with Crippen LogP contribution in [0.3, 0.4) is 0 Å². The third-order valence-corrected chi connectivity index (χ3v) is 2.57. The normalized spacial score (nSPS) is 10.0. The first-order chi connectivity index (χ1) is 6.25. The van der Waals surface area contributed by atoms with E-state index in [1.165, 1.54) is 0 Å². The van der Waals surface area contributed by atoms with Crippen LogP contribution in [-0.2, 0) is 0 Å². The zero-order valence-electron chi connectivity index (χ0n) is 8.16. The van der Waals surface area contributed by atoms with Crippen LogP contribution in [-0.4, -0.2) is 25.6 Å². The van der Waals surface area contributed by atoms with Gasteiger partial charge in [0.15, 0.2) is 0 Å². The van der Waals surface area contributed by atoms with Gasteiger partial charge in [0.05, 0.1) is 11.4 Å². The molecule has 0 aliphatic carbocycles. The minimum Gasteiger partial charge on any atom is -0.397 e. The summed E-state index contributed by atoms with van der Waals surface area (Å²) in [6, 6.07) is 7.96. The van der Waals surface area contributed by atoms with E-state index in [4.69, 9.17) is 5.73 Å². The van der Waals surface area contributed by atoms with Crippen molar-refractivity contribution in [1.82, 2.24) is 0 Å². The van der Waals surface area contributed by atoms with Crippen LogP contribution in [0.2, 0.25) is 0 Å². The molecule has 0 spiro atoms. The standard InChI is InChI=1S/C10H16N2S/c1-12(7-8-13-2)10-6-4-3-5-9(10)11/h3-6H,7-8,11H2,1-2H3. The lowest BCUT2D eigenvalue weighted by Crippen LogP contribution is -2.21. The molecule has 0 fully saturated rings. The summed E-state index contributed by atoms with van der Waals surface area (Å²) in [7, 11) is 2.07. The molecule has 2 nitrogen and oxygen atoms in total. The van der Waals surface area contributed by atoms with E-state index < -0.39 is 0 Å². The topological polar surface area (TPSA) is 29.3 Å². The van der Waals surface area contributed by atoms with Crippen LogP contribution < -0.4 is 10.6 Å². The van der Waals surface area contributed by atoms with Gasteiger partial charge in [0.25, 0.3) is 0 Å². The van der Waals surface area contributed by atoms with E-state index in [1.807, 2.05) is 30.0 Å². The zero-order valence-corrected chi connectivity index (χ0v) is 8.97. The Kier molecular flexibility index (Phi) is 3.96. The summed E-state index contributed by atoms with van der Waals surface area (Å²) in [4.78, 5) is 2.19. The third kappa shape index (κ3) is 2.84. The first-order valence-electron chi connectivity index (χ1n) is 4.30. The fourth-order valence-corrected chi connectivity index (χ4v) is 1.64. The molecule has 0 saturated heterocycles. The first kappa shape index (κ1) is 10.3. The predicted molar refractivity (Wildman–Crippen MR) is 62.5 cm³/mol. The van der Waals surface area contributed by atoms with Crippen LogP contribution in [0.4, 0.5) is 11.4 Å². The van der Waals surface area contributed by atoms with Gasteiger partial charge in [0.2, 0.25) is 0 Å². The van der Waals surface area contributed by atoms with Gasteiger partial charge in [-0.05, 0) is 18.4 Å². The van der Waals surface area contributed by atoms with E-state index in [2.05, 4.69) is 24.3 Å². The molecule has 0 aromatic heterocycles. The van der Waals surface area contributed by atoms with Crippen molar-refractivity contribution < 1.29 is 0 Å². The van der Waals surface area contributed by atoms with E-state index in [0.717, 1.165) is 23.7 Å². The Morgan fingerprint density at radius 1 is 1.38 bits per heavy atom. The summed E-state index contributed by atoms with van der Waals surface area (Å²) in [6.45, 7) is 1.04. The van der Waals surface area contributed by atoms with Crippen molar-refractivity contribution in [3.63, 3.8) is 0 Å². The second kappa shape index (κ2) is 5.02. The van der Waals surface area contributed by atoms with E-state index in [1.54, 1.807) is 0 Å². The number of rotatable bonds is 4. The molecule has 1 rings (SSSR count). The molecule has 0 atom stereocenters. The summed E-state index contributed by atoms with van der Waals surface area (Å²) < 4.78 is 0. The Morgan fingerprint density at radius 2 is 2.08 bits per heavy atom. The highest BCUT2D eigenvalue weighted by atomic mass is 32.2. The van der Waals surface area contributed by atoms with Crippen molar-refractivity contribution in [1.29, 1.82) is 0 Å². The lowest BCUT2D eigenvalue weighted by molar-refractivity contribution is 0.980. The number of nitrogens with two attached hydrogens (primary N) is 1. The summed E-state index contributed by atoms with van der Waals surface area (Å²) in [5, 5.41) is 0. The van der Waals surface area contributed by atoms with Crippen LogP contribution in [0.15, 0.2) is 24.3 Å². The van der Waals surface area contributed by atoms with Crippen LogP contribution in [0.25, 0.3) is 0 Å². The van der Waals surface area contributed by atoms with Gasteiger partial charge >= 0.3 is 0 Å². The number of para-hydroxylation sites is 2. The van der Waals surface area contributed by atoms with Crippen molar-refractivity contribution in [3.8, 4) is 0 Å². The van der Waals surface area contributed by atoms with Gasteiger partial charge in [-0.15, -0.1) is 0 Å². The Balaban J connectivity index is 2.65. The fourth-order valence-electron chi connectivity index (χ4n) is 1.18. The number of nitrogen functional groups attached to an aromatic ring is 1. The lowest BCUT2D eigenvalue weighted by atomic mass is 10.2. The van der Waals surface area contributed by atoms with Crippen molar-refractivity contribution in [2.75, 3.05) is 36.2 Å². The van der Waals surface area contributed by atoms with Gasteiger partial charge < -0.3 is 10.6 Å². The molecule has 0 amide bonds. The number of hydrogen-bond acceptors (Lipinski definition) is 3. The van der Waals surface area contributed by atoms with Gasteiger partial charge in [-0.25, -0.2) is 0 Å². The zero-order chi connectivity index (χ0) is 9.68. The molecular formula is C10H16N2S. The lowest BCUT2D eigenvalue weighted by Gasteiger charge is -2.20. The Labute approximate surface area is 84.1 Å². The minimum absolute atomic E-state index is 0.853. The SMILES string of the molecule is CSCCN(C)c1ccccc1N. The van der Waals surface area contributed by atoms with Crippen LogP contribution in [0, 0.1) is 0 Å². The van der Waals surface area contributed by atoms with Crippen LogP contribution in [0.5, 0.6) is 0 Å². The summed E-state index contributed by atoms with van der Waals surface area (Å²) in [5.74, 6) is 1.13. The largest absolute Gasteiger partial charge is 0.397 e. The highest BCUT2D eigenvalue weighted by Gasteiger charge is 2.02. The van der Waals surface area contributed by atoms with E-state index in [9.17, 15) is 0 Å². The molecule has 0 heterocycles. The second-order valence-electron chi connectivity index (χ2n) is 2.97. The molecule has 3 heteroatoms. The summed E-state index contributed by atoms with van der Waals surface area (Å²) in [6.07, 6.45) is 2.11. The molecule has 1 aromatic carbocycles. The van der Waals surface area contributed by atoms with Gasteiger partial charge in [-0.3, -0.25) is 0 Å². The molecule has 0 unspecified atom stereocenters. The predicted octanol–water partition coefficient (Wildman–Crippen LogP) is 2.07. The molecule has 72 valence electrons. The maximum absolute atomic E-state index is 5.84. The number of anilines is 2. The molecule has 0 bridgehead atoms. The minimum atomic E-state index is 0.853. The number of hydrogen-bond donors (Lipinski definition) is 1. The molecule has 0 saturated carbocycles. The maximum atomic E-state index is 5.84. The molecule has 0 aliphatic rings. The average molecular weight is 196 g/mol. The summed E-state index contributed by atoms with van der Waals surface area (Å²) in [5.41, 5.74) is 7.82. The van der Waals surface area contributed by atoms with E-state index in [-0.39, 0.29) is 0 Å². The second-order valence-corrected chi connectivity index (χ2v) is 3.96. The molecule has 0 radical (unpaired) electrons. The Bertz CT molecular complexity index is 263. The van der Waals surface area contributed by atoms with Crippen LogP contribution in [0.1, 0.15) is 0 Å². The Morgan fingerprint density at radius 3 is 2.69 bits per heavy atom. The third-order valence-electron chi connectivity index (χ3n) is 1.98. The smallest absolute Gasteiger partial charge is 0.0597 e. The number of thioether (sulfide) groups is 1. The molecule has 13 heavy (non-hydrogen) atoms. The van der Waals surface area contributed by atoms with Crippen LogP contribution >= 0.6 is 11.8 Å². The highest BCUT2D eigenvalue weighted by Crippen LogP contribution is 2.20. The monoisotopic (exact) mass is 196 g/mol. The average Bonchev–Trinajstić information content (AvgIpc) is 2.15. The number of nitrogens with zero attached hydrogens (tertiary/aromatic N) is 1. The van der Waals surface area contributed by atoms with Crippen molar-refractivity contribution in [2.45, 2.75) is 0 Å².